The van der Waals surface area contributed by atoms with Crippen LogP contribution in [0.3, 0.4) is 0 Å². The second-order valence-electron chi connectivity index (χ2n) is 6.05. The van der Waals surface area contributed by atoms with Crippen LogP contribution >= 0.6 is 0 Å². The Kier molecular flexibility index (Phi) is 7.43. The molecule has 0 spiro atoms. The third-order valence-electron chi connectivity index (χ3n) is 3.96. The second kappa shape index (κ2) is 9.79. The number of nitrogens with zero attached hydrogens (tertiary/aromatic N) is 3. The number of carbonyl (C=O) groups is 1. The zero-order valence-electron chi connectivity index (χ0n) is 15.7. The van der Waals surface area contributed by atoms with Crippen molar-refractivity contribution in [3.05, 3.63) is 42.1 Å². The predicted octanol–water partition coefficient (Wildman–Crippen LogP) is 1.96. The lowest BCUT2D eigenvalue weighted by atomic mass is 10.1. The highest BCUT2D eigenvalue weighted by molar-refractivity contribution is 5.88. The van der Waals surface area contributed by atoms with Gasteiger partial charge in [0.1, 0.15) is 5.75 Å². The molecule has 2 rings (SSSR count). The SMILES string of the molecule is COCCn1ccc(NC(=O)NCC(c2cccc(OC)c2)N(C)C)n1. The average Bonchev–Trinajstić information content (AvgIpc) is 3.07. The Morgan fingerprint density at radius 3 is 2.81 bits per heavy atom. The Bertz CT molecular complexity index is 702. The van der Waals surface area contributed by atoms with Gasteiger partial charge in [0.2, 0.25) is 0 Å². The maximum Gasteiger partial charge on any atom is 0.320 e. The van der Waals surface area contributed by atoms with Crippen LogP contribution < -0.4 is 15.4 Å². The number of hydrogen-bond acceptors (Lipinski definition) is 5. The minimum absolute atomic E-state index is 0.0233. The zero-order valence-corrected chi connectivity index (χ0v) is 15.7. The first-order chi connectivity index (χ1) is 12.5. The molecule has 1 aromatic carbocycles. The molecule has 0 radical (unpaired) electrons. The third kappa shape index (κ3) is 5.75. The van der Waals surface area contributed by atoms with Gasteiger partial charge in [-0.25, -0.2) is 4.79 Å². The Morgan fingerprint density at radius 2 is 2.12 bits per heavy atom. The normalized spacial score (nSPS) is 12.0. The number of likely N-dealkylation sites (N-methyl/N-ethyl adjacent to an activating group) is 1. The van der Waals surface area contributed by atoms with Crippen LogP contribution in [-0.4, -0.2) is 62.2 Å². The van der Waals surface area contributed by atoms with Crippen LogP contribution in [0.4, 0.5) is 10.6 Å². The molecule has 8 heteroatoms. The maximum atomic E-state index is 12.2. The van der Waals surface area contributed by atoms with Gasteiger partial charge in [0.05, 0.1) is 26.3 Å². The van der Waals surface area contributed by atoms with E-state index in [1.54, 1.807) is 31.2 Å². The Hall–Kier alpha value is -2.58. The minimum atomic E-state index is -0.295. The first-order valence-electron chi connectivity index (χ1n) is 8.41. The van der Waals surface area contributed by atoms with Crippen molar-refractivity contribution in [2.75, 3.05) is 46.8 Å². The van der Waals surface area contributed by atoms with Gasteiger partial charge in [-0.05, 0) is 31.8 Å². The fraction of sp³-hybridized carbons (Fsp3) is 0.444. The molecule has 26 heavy (non-hydrogen) atoms. The number of aromatic nitrogens is 2. The van der Waals surface area contributed by atoms with Gasteiger partial charge in [0.25, 0.3) is 0 Å². The number of hydrogen-bond donors (Lipinski definition) is 2. The molecule has 142 valence electrons. The van der Waals surface area contributed by atoms with E-state index in [0.717, 1.165) is 11.3 Å². The van der Waals surface area contributed by atoms with E-state index in [9.17, 15) is 4.79 Å². The van der Waals surface area contributed by atoms with Crippen LogP contribution in [0.2, 0.25) is 0 Å². The molecule has 1 unspecified atom stereocenters. The van der Waals surface area contributed by atoms with Crippen molar-refractivity contribution in [1.82, 2.24) is 20.0 Å². The molecule has 0 aliphatic carbocycles. The lowest BCUT2D eigenvalue weighted by Gasteiger charge is -2.25. The van der Waals surface area contributed by atoms with Gasteiger partial charge in [0, 0.05) is 25.9 Å². The van der Waals surface area contributed by atoms with E-state index < -0.39 is 0 Å². The molecule has 2 N–H and O–H groups in total. The summed E-state index contributed by atoms with van der Waals surface area (Å²) in [5.41, 5.74) is 1.07. The van der Waals surface area contributed by atoms with Crippen molar-refractivity contribution in [2.24, 2.45) is 0 Å². The molecule has 0 bridgehead atoms. The number of urea groups is 1. The highest BCUT2D eigenvalue weighted by atomic mass is 16.5. The number of carbonyl (C=O) groups excluding carboxylic acids is 1. The summed E-state index contributed by atoms with van der Waals surface area (Å²) in [6.07, 6.45) is 1.80. The van der Waals surface area contributed by atoms with Crippen molar-refractivity contribution >= 4 is 11.8 Å². The lowest BCUT2D eigenvalue weighted by molar-refractivity contribution is 0.183. The molecule has 0 fully saturated rings. The molecule has 1 heterocycles. The summed E-state index contributed by atoms with van der Waals surface area (Å²) in [5, 5.41) is 9.90. The van der Waals surface area contributed by atoms with Gasteiger partial charge in [-0.15, -0.1) is 0 Å². The van der Waals surface area contributed by atoms with Gasteiger partial charge in [-0.1, -0.05) is 12.1 Å². The van der Waals surface area contributed by atoms with Crippen LogP contribution in [0.1, 0.15) is 11.6 Å². The predicted molar refractivity (Wildman–Crippen MR) is 101 cm³/mol. The van der Waals surface area contributed by atoms with Crippen molar-refractivity contribution in [3.8, 4) is 5.75 Å². The maximum absolute atomic E-state index is 12.2. The van der Waals surface area contributed by atoms with Crippen LogP contribution in [-0.2, 0) is 11.3 Å². The van der Waals surface area contributed by atoms with Crippen LogP contribution in [0.25, 0.3) is 0 Å². The third-order valence-corrected chi connectivity index (χ3v) is 3.96. The molecule has 2 aromatic rings. The van der Waals surface area contributed by atoms with Crippen LogP contribution in [0.5, 0.6) is 5.75 Å². The Labute approximate surface area is 154 Å². The minimum Gasteiger partial charge on any atom is -0.497 e. The summed E-state index contributed by atoms with van der Waals surface area (Å²) in [6.45, 7) is 1.66. The van der Waals surface area contributed by atoms with E-state index in [4.69, 9.17) is 9.47 Å². The van der Waals surface area contributed by atoms with Crippen molar-refractivity contribution in [1.29, 1.82) is 0 Å². The number of anilines is 1. The fourth-order valence-corrected chi connectivity index (χ4v) is 2.53. The Balaban J connectivity index is 1.91. The summed E-state index contributed by atoms with van der Waals surface area (Å²) in [5.74, 6) is 1.29. The topological polar surface area (TPSA) is 80.6 Å². The molecule has 0 aliphatic heterocycles. The number of amides is 2. The van der Waals surface area contributed by atoms with E-state index in [1.165, 1.54) is 0 Å². The summed E-state index contributed by atoms with van der Waals surface area (Å²) in [4.78, 5) is 14.2. The number of nitrogens with one attached hydrogen (secondary N) is 2. The number of ether oxygens (including phenoxy) is 2. The molecule has 2 amide bonds. The highest BCUT2D eigenvalue weighted by Gasteiger charge is 2.16. The summed E-state index contributed by atoms with van der Waals surface area (Å²) in [7, 11) is 7.23. The summed E-state index contributed by atoms with van der Waals surface area (Å²) < 4.78 is 12.0. The van der Waals surface area contributed by atoms with E-state index in [0.29, 0.717) is 25.5 Å². The molecule has 0 saturated carbocycles. The molecule has 8 nitrogen and oxygen atoms in total. The molecule has 1 aromatic heterocycles. The smallest absolute Gasteiger partial charge is 0.320 e. The molecular weight excluding hydrogens is 334 g/mol. The Morgan fingerprint density at radius 1 is 1.31 bits per heavy atom. The standard InChI is InChI=1S/C18H27N5O3/c1-22(2)16(14-6-5-7-15(12-14)26-4)13-19-18(24)20-17-8-9-23(21-17)10-11-25-3/h5-9,12,16H,10-11,13H2,1-4H3,(H2,19,20,21,24). The van der Waals surface area contributed by atoms with Crippen molar-refractivity contribution < 1.29 is 14.3 Å². The van der Waals surface area contributed by atoms with Gasteiger partial charge in [0.15, 0.2) is 5.82 Å². The molecule has 0 saturated heterocycles. The van der Waals surface area contributed by atoms with Gasteiger partial charge in [-0.2, -0.15) is 5.10 Å². The molecule has 1 atom stereocenters. The molecule has 0 aliphatic rings. The van der Waals surface area contributed by atoms with E-state index in [-0.39, 0.29) is 12.1 Å². The first kappa shape index (κ1) is 19.7. The number of rotatable bonds is 9. The first-order valence-corrected chi connectivity index (χ1v) is 8.41. The van der Waals surface area contributed by atoms with Gasteiger partial charge in [-0.3, -0.25) is 10.00 Å². The monoisotopic (exact) mass is 361 g/mol. The van der Waals surface area contributed by atoms with Crippen LogP contribution in [0, 0.1) is 0 Å². The summed E-state index contributed by atoms with van der Waals surface area (Å²) in [6, 6.07) is 9.31. The van der Waals surface area contributed by atoms with Gasteiger partial charge >= 0.3 is 6.03 Å². The average molecular weight is 361 g/mol. The quantitative estimate of drug-likeness (QED) is 0.714. The second-order valence-corrected chi connectivity index (χ2v) is 6.05. The van der Waals surface area contributed by atoms with Crippen molar-refractivity contribution in [3.63, 3.8) is 0 Å². The van der Waals surface area contributed by atoms with Gasteiger partial charge < -0.3 is 19.7 Å². The van der Waals surface area contributed by atoms with Crippen LogP contribution in [0.15, 0.2) is 36.5 Å². The zero-order chi connectivity index (χ0) is 18.9. The lowest BCUT2D eigenvalue weighted by Crippen LogP contribution is -2.37. The fourth-order valence-electron chi connectivity index (χ4n) is 2.53. The van der Waals surface area contributed by atoms with E-state index in [2.05, 4.69) is 20.6 Å². The van der Waals surface area contributed by atoms with Crippen molar-refractivity contribution in [2.45, 2.75) is 12.6 Å². The molecular formula is C18H27N5O3. The largest absolute Gasteiger partial charge is 0.497 e. The number of methoxy groups -OCH3 is 2. The van der Waals surface area contributed by atoms with E-state index in [1.807, 2.05) is 38.4 Å². The summed E-state index contributed by atoms with van der Waals surface area (Å²) >= 11 is 0. The number of benzene rings is 1. The van der Waals surface area contributed by atoms with E-state index >= 15 is 0 Å². The highest BCUT2D eigenvalue weighted by Crippen LogP contribution is 2.22.